The Bertz CT molecular complexity index is 665. The number of methoxy groups -OCH3 is 1. The normalized spacial score (nSPS) is 10.0. The first-order valence-corrected chi connectivity index (χ1v) is 7.07. The molecule has 0 saturated heterocycles. The highest BCUT2D eigenvalue weighted by Crippen LogP contribution is 2.18. The number of esters is 1. The lowest BCUT2D eigenvalue weighted by molar-refractivity contribution is -0.116. The van der Waals surface area contributed by atoms with Crippen molar-refractivity contribution in [1.29, 1.82) is 0 Å². The molecule has 0 aliphatic rings. The van der Waals surface area contributed by atoms with E-state index in [9.17, 15) is 14.4 Å². The van der Waals surface area contributed by atoms with Gasteiger partial charge in [0.15, 0.2) is 10.9 Å². The van der Waals surface area contributed by atoms with E-state index in [-0.39, 0.29) is 30.5 Å². The number of thiazole rings is 1. The zero-order chi connectivity index (χ0) is 15.9. The minimum absolute atomic E-state index is 0.0690. The van der Waals surface area contributed by atoms with Gasteiger partial charge in [-0.3, -0.25) is 9.59 Å². The van der Waals surface area contributed by atoms with Crippen molar-refractivity contribution in [3.63, 3.8) is 0 Å². The van der Waals surface area contributed by atoms with Crippen LogP contribution in [0.4, 0.5) is 5.13 Å². The van der Waals surface area contributed by atoms with E-state index in [0.29, 0.717) is 10.0 Å². The monoisotopic (exact) mass is 323 g/mol. The number of carbonyl (C=O) groups excluding carboxylic acids is 3. The predicted molar refractivity (Wildman–Crippen MR) is 77.7 cm³/mol. The largest absolute Gasteiger partial charge is 0.465 e. The molecule has 22 heavy (non-hydrogen) atoms. The number of rotatable bonds is 6. The van der Waals surface area contributed by atoms with E-state index < -0.39 is 5.97 Å². The van der Waals surface area contributed by atoms with Gasteiger partial charge >= 0.3 is 5.97 Å². The van der Waals surface area contributed by atoms with Gasteiger partial charge < -0.3 is 19.8 Å². The molecule has 116 valence electrons. The molecule has 2 N–H and O–H groups in total. The summed E-state index contributed by atoms with van der Waals surface area (Å²) in [5.41, 5.74) is 0. The topological polar surface area (TPSA) is 111 Å². The van der Waals surface area contributed by atoms with E-state index in [1.807, 2.05) is 0 Å². The molecule has 2 amide bonds. The highest BCUT2D eigenvalue weighted by atomic mass is 32.1. The summed E-state index contributed by atoms with van der Waals surface area (Å²) in [6, 6.07) is 3.13. The fourth-order valence-corrected chi connectivity index (χ4v) is 2.24. The molecule has 0 radical (unpaired) electrons. The molecule has 0 aliphatic carbocycles. The summed E-state index contributed by atoms with van der Waals surface area (Å²) in [6.45, 7) is 0.153. The molecule has 0 atom stereocenters. The van der Waals surface area contributed by atoms with Crippen molar-refractivity contribution >= 4 is 34.3 Å². The molecule has 0 aliphatic heterocycles. The van der Waals surface area contributed by atoms with Crippen molar-refractivity contribution in [2.75, 3.05) is 19.0 Å². The minimum atomic E-state index is -0.510. The molecule has 0 aromatic carbocycles. The van der Waals surface area contributed by atoms with Crippen LogP contribution in [0, 0.1) is 0 Å². The van der Waals surface area contributed by atoms with Crippen LogP contribution < -0.4 is 10.6 Å². The third-order valence-corrected chi connectivity index (χ3v) is 3.41. The summed E-state index contributed by atoms with van der Waals surface area (Å²) >= 11 is 1.01. The van der Waals surface area contributed by atoms with Crippen molar-refractivity contribution < 1.29 is 23.5 Å². The molecule has 0 unspecified atom stereocenters. The second kappa shape index (κ2) is 7.36. The van der Waals surface area contributed by atoms with E-state index in [2.05, 4.69) is 20.4 Å². The number of hydrogen-bond acceptors (Lipinski definition) is 7. The van der Waals surface area contributed by atoms with Gasteiger partial charge in [-0.2, -0.15) is 0 Å². The quantitative estimate of drug-likeness (QED) is 0.775. The first-order chi connectivity index (χ1) is 10.6. The zero-order valence-electron chi connectivity index (χ0n) is 11.6. The van der Waals surface area contributed by atoms with E-state index in [0.717, 1.165) is 11.3 Å². The van der Waals surface area contributed by atoms with Crippen molar-refractivity contribution in [2.45, 2.75) is 6.42 Å². The van der Waals surface area contributed by atoms with Crippen LogP contribution in [0.2, 0.25) is 0 Å². The highest BCUT2D eigenvalue weighted by Gasteiger charge is 2.13. The maximum Gasteiger partial charge on any atom is 0.349 e. The van der Waals surface area contributed by atoms with Gasteiger partial charge in [-0.15, -0.1) is 0 Å². The Labute approximate surface area is 129 Å². The predicted octanol–water partition coefficient (Wildman–Crippen LogP) is 1.28. The third-order valence-electron chi connectivity index (χ3n) is 2.52. The zero-order valence-corrected chi connectivity index (χ0v) is 12.4. The number of nitrogens with zero attached hydrogens (tertiary/aromatic N) is 1. The van der Waals surface area contributed by atoms with Crippen LogP contribution in [-0.2, 0) is 9.53 Å². The third kappa shape index (κ3) is 4.16. The van der Waals surface area contributed by atoms with Gasteiger partial charge in [0.05, 0.1) is 19.6 Å². The summed E-state index contributed by atoms with van der Waals surface area (Å²) in [6.07, 6.45) is 2.79. The van der Waals surface area contributed by atoms with E-state index in [4.69, 9.17) is 4.42 Å². The molecule has 0 saturated carbocycles. The van der Waals surface area contributed by atoms with Crippen molar-refractivity contribution in [3.8, 4) is 0 Å². The van der Waals surface area contributed by atoms with Gasteiger partial charge in [0.2, 0.25) is 5.91 Å². The number of hydrogen-bond donors (Lipinski definition) is 2. The average molecular weight is 323 g/mol. The van der Waals surface area contributed by atoms with Gasteiger partial charge in [-0.1, -0.05) is 11.3 Å². The molecule has 2 aromatic heterocycles. The number of aromatic nitrogens is 1. The first-order valence-electron chi connectivity index (χ1n) is 6.26. The second-order valence-corrected chi connectivity index (χ2v) is 5.08. The second-order valence-electron chi connectivity index (χ2n) is 4.05. The van der Waals surface area contributed by atoms with Crippen LogP contribution in [0.25, 0.3) is 0 Å². The maximum absolute atomic E-state index is 11.7. The fourth-order valence-electron chi connectivity index (χ4n) is 1.49. The summed E-state index contributed by atoms with van der Waals surface area (Å²) in [7, 11) is 1.27. The average Bonchev–Trinajstić information content (AvgIpc) is 3.17. The van der Waals surface area contributed by atoms with Crippen LogP contribution >= 0.6 is 11.3 Å². The minimum Gasteiger partial charge on any atom is -0.465 e. The van der Waals surface area contributed by atoms with Crippen molar-refractivity contribution in [3.05, 3.63) is 35.2 Å². The number of furan rings is 1. The molecule has 2 heterocycles. The lowest BCUT2D eigenvalue weighted by Gasteiger charge is -2.03. The van der Waals surface area contributed by atoms with E-state index in [1.165, 1.54) is 25.6 Å². The molecule has 0 fully saturated rings. The number of anilines is 1. The Morgan fingerprint density at radius 3 is 2.91 bits per heavy atom. The summed E-state index contributed by atoms with van der Waals surface area (Å²) in [4.78, 5) is 38.7. The van der Waals surface area contributed by atoms with Gasteiger partial charge in [0, 0.05) is 13.0 Å². The lowest BCUT2D eigenvalue weighted by atomic mass is 10.3. The van der Waals surface area contributed by atoms with Gasteiger partial charge in [0.1, 0.15) is 4.88 Å². The van der Waals surface area contributed by atoms with E-state index in [1.54, 1.807) is 6.07 Å². The maximum atomic E-state index is 11.7. The molecular weight excluding hydrogens is 310 g/mol. The standard InChI is InChI=1S/C13H13N3O5S/c1-20-12(19)9-7-15-13(22-9)16-10(17)4-5-14-11(18)8-3-2-6-21-8/h2-3,6-7H,4-5H2,1H3,(H,14,18)(H,15,16,17). The fraction of sp³-hybridized carbons (Fsp3) is 0.231. The number of ether oxygens (including phenoxy) is 1. The Morgan fingerprint density at radius 2 is 2.23 bits per heavy atom. The lowest BCUT2D eigenvalue weighted by Crippen LogP contribution is -2.27. The summed E-state index contributed by atoms with van der Waals surface area (Å²) in [5.74, 6) is -1.04. The van der Waals surface area contributed by atoms with Gasteiger partial charge in [-0.25, -0.2) is 9.78 Å². The molecule has 2 rings (SSSR count). The Hall–Kier alpha value is -2.68. The smallest absolute Gasteiger partial charge is 0.349 e. The van der Waals surface area contributed by atoms with E-state index >= 15 is 0 Å². The molecule has 2 aromatic rings. The van der Waals surface area contributed by atoms with Crippen LogP contribution in [-0.4, -0.2) is 36.4 Å². The van der Waals surface area contributed by atoms with Gasteiger partial charge in [0.25, 0.3) is 5.91 Å². The Balaban J connectivity index is 1.75. The highest BCUT2D eigenvalue weighted by molar-refractivity contribution is 7.17. The van der Waals surface area contributed by atoms with Crippen LogP contribution in [0.5, 0.6) is 0 Å². The van der Waals surface area contributed by atoms with Crippen LogP contribution in [0.3, 0.4) is 0 Å². The van der Waals surface area contributed by atoms with Crippen molar-refractivity contribution in [2.24, 2.45) is 0 Å². The molecule has 0 spiro atoms. The Morgan fingerprint density at radius 1 is 1.41 bits per heavy atom. The first kappa shape index (κ1) is 15.7. The van der Waals surface area contributed by atoms with Crippen LogP contribution in [0.15, 0.2) is 29.0 Å². The molecule has 8 nitrogen and oxygen atoms in total. The number of nitrogens with one attached hydrogen (secondary N) is 2. The summed E-state index contributed by atoms with van der Waals surface area (Å²) in [5, 5.41) is 5.38. The molecular formula is C13H13N3O5S. The molecule has 9 heteroatoms. The SMILES string of the molecule is COC(=O)c1cnc(NC(=O)CCNC(=O)c2ccco2)s1. The molecule has 0 bridgehead atoms. The Kier molecular flexibility index (Phi) is 5.26. The summed E-state index contributed by atoms with van der Waals surface area (Å²) < 4.78 is 9.46. The van der Waals surface area contributed by atoms with Gasteiger partial charge in [-0.05, 0) is 12.1 Å². The number of carbonyl (C=O) groups is 3. The van der Waals surface area contributed by atoms with Crippen LogP contribution in [0.1, 0.15) is 26.6 Å². The van der Waals surface area contributed by atoms with Crippen molar-refractivity contribution in [1.82, 2.24) is 10.3 Å². The number of amides is 2.